The minimum Gasteiger partial charge on any atom is -0.494 e. The van der Waals surface area contributed by atoms with Crippen LogP contribution in [0.15, 0.2) is 62.5 Å². The average molecular weight is 511 g/mol. The molecule has 0 unspecified atom stereocenters. The number of ether oxygens (including phenoxy) is 1. The summed E-state index contributed by atoms with van der Waals surface area (Å²) in [4.78, 5) is 23.0. The lowest BCUT2D eigenvalue weighted by molar-refractivity contribution is -0.384. The van der Waals surface area contributed by atoms with Crippen molar-refractivity contribution in [3.05, 3.63) is 85.8 Å². The fraction of sp³-hybridized carbons (Fsp3) is 0.130. The van der Waals surface area contributed by atoms with Gasteiger partial charge in [-0.1, -0.05) is 15.9 Å². The summed E-state index contributed by atoms with van der Waals surface area (Å²) in [7, 11) is 1.46. The number of carbonyl (C=O) groups is 1. The summed E-state index contributed by atoms with van der Waals surface area (Å²) < 4.78 is 13.7. The molecule has 4 rings (SSSR count). The van der Waals surface area contributed by atoms with Crippen LogP contribution in [0, 0.1) is 24.0 Å². The minimum atomic E-state index is -0.469. The monoisotopic (exact) mass is 510 g/mol. The topological polar surface area (TPSA) is 112 Å². The third-order valence-electron chi connectivity index (χ3n) is 5.16. The Labute approximate surface area is 196 Å². The van der Waals surface area contributed by atoms with Crippen LogP contribution in [-0.2, 0) is 0 Å². The molecule has 10 heteroatoms. The fourth-order valence-electron chi connectivity index (χ4n) is 3.60. The summed E-state index contributed by atoms with van der Waals surface area (Å²) in [6.07, 6.45) is 1.54. The van der Waals surface area contributed by atoms with Crippen LogP contribution in [-0.4, -0.2) is 28.7 Å². The van der Waals surface area contributed by atoms with Crippen molar-refractivity contribution in [3.63, 3.8) is 0 Å². The molecule has 1 amide bonds. The summed E-state index contributed by atoms with van der Waals surface area (Å²) in [6.45, 7) is 3.78. The van der Waals surface area contributed by atoms with Crippen molar-refractivity contribution in [1.82, 2.24) is 9.99 Å². The summed E-state index contributed by atoms with van der Waals surface area (Å²) in [5.74, 6) is 0.0603. The second kappa shape index (κ2) is 8.91. The Hall–Kier alpha value is -3.92. The molecule has 0 aliphatic heterocycles. The highest BCUT2D eigenvalue weighted by Gasteiger charge is 2.17. The number of carbonyl (C=O) groups excluding carboxylic acids is 1. The molecule has 2 aromatic carbocycles. The van der Waals surface area contributed by atoms with E-state index in [0.717, 1.165) is 26.8 Å². The van der Waals surface area contributed by atoms with Crippen molar-refractivity contribution in [1.29, 1.82) is 0 Å². The van der Waals surface area contributed by atoms with Crippen molar-refractivity contribution in [2.24, 2.45) is 5.10 Å². The van der Waals surface area contributed by atoms with Gasteiger partial charge >= 0.3 is 5.91 Å². The fourth-order valence-corrected chi connectivity index (χ4v) is 3.97. The quantitative estimate of drug-likeness (QED) is 0.215. The first-order chi connectivity index (χ1) is 15.8. The lowest BCUT2D eigenvalue weighted by Crippen LogP contribution is -2.16. The van der Waals surface area contributed by atoms with Gasteiger partial charge in [0, 0.05) is 32.9 Å². The Bertz CT molecular complexity index is 1420. The van der Waals surface area contributed by atoms with E-state index in [9.17, 15) is 14.9 Å². The number of fused-ring (bicyclic) bond motifs is 1. The van der Waals surface area contributed by atoms with E-state index in [0.29, 0.717) is 17.0 Å². The molecule has 0 radical (unpaired) electrons. The number of amides is 1. The first-order valence-corrected chi connectivity index (χ1v) is 10.6. The Morgan fingerprint density at radius 2 is 2.00 bits per heavy atom. The number of nitro groups is 1. The van der Waals surface area contributed by atoms with E-state index in [1.165, 1.54) is 25.5 Å². The zero-order valence-electron chi connectivity index (χ0n) is 18.0. The average Bonchev–Trinajstić information content (AvgIpc) is 3.33. The van der Waals surface area contributed by atoms with Gasteiger partial charge in [-0.2, -0.15) is 5.10 Å². The molecule has 0 saturated carbocycles. The number of methoxy groups -OCH3 is 1. The van der Waals surface area contributed by atoms with E-state index in [1.807, 2.05) is 36.6 Å². The van der Waals surface area contributed by atoms with E-state index in [4.69, 9.17) is 9.15 Å². The molecule has 0 bridgehead atoms. The minimum absolute atomic E-state index is 0.0551. The van der Waals surface area contributed by atoms with E-state index in [1.54, 1.807) is 18.2 Å². The highest BCUT2D eigenvalue weighted by Crippen LogP contribution is 2.31. The first kappa shape index (κ1) is 22.3. The van der Waals surface area contributed by atoms with Crippen LogP contribution < -0.4 is 10.2 Å². The van der Waals surface area contributed by atoms with Crippen molar-refractivity contribution in [2.45, 2.75) is 13.8 Å². The Kier molecular flexibility index (Phi) is 6.01. The molecule has 0 aliphatic carbocycles. The molecule has 0 spiro atoms. The summed E-state index contributed by atoms with van der Waals surface area (Å²) in [5, 5.41) is 16.0. The number of benzene rings is 2. The Morgan fingerprint density at radius 3 is 2.73 bits per heavy atom. The number of hydrazone groups is 1. The first-order valence-electron chi connectivity index (χ1n) is 9.82. The van der Waals surface area contributed by atoms with Gasteiger partial charge < -0.3 is 13.7 Å². The molecular weight excluding hydrogens is 492 g/mol. The number of nitrogens with one attached hydrogen (secondary N) is 1. The molecule has 9 nitrogen and oxygen atoms in total. The predicted octanol–water partition coefficient (Wildman–Crippen LogP) is 5.28. The number of halogens is 1. The van der Waals surface area contributed by atoms with Gasteiger partial charge in [-0.05, 0) is 50.2 Å². The molecule has 1 N–H and O–H groups in total. The van der Waals surface area contributed by atoms with Crippen molar-refractivity contribution < 1.29 is 18.9 Å². The zero-order chi connectivity index (χ0) is 23.7. The van der Waals surface area contributed by atoms with Gasteiger partial charge in [0.1, 0.15) is 11.3 Å². The smallest absolute Gasteiger partial charge is 0.307 e. The zero-order valence-corrected chi connectivity index (χ0v) is 19.5. The molecule has 0 atom stereocenters. The van der Waals surface area contributed by atoms with Gasteiger partial charge in [-0.25, -0.2) is 5.43 Å². The van der Waals surface area contributed by atoms with E-state index in [-0.39, 0.29) is 11.4 Å². The second-order valence-corrected chi connectivity index (χ2v) is 8.18. The van der Waals surface area contributed by atoms with Crippen LogP contribution in [0.25, 0.3) is 16.7 Å². The standard InChI is InChI=1S/C23H19BrN4O5/c1-13-8-16(14(2)27(13)19-6-5-18(28(30)31)11-21(19)32-3)12-25-26-23(29)22-10-15-9-17(24)4-7-20(15)33-22/h4-12H,1-3H3,(H,26,29)/b25-12+. The molecule has 4 aromatic rings. The number of aromatic nitrogens is 1. The van der Waals surface area contributed by atoms with Crippen LogP contribution in [0.1, 0.15) is 27.5 Å². The van der Waals surface area contributed by atoms with Crippen LogP contribution in [0.5, 0.6) is 5.75 Å². The molecule has 0 fully saturated rings. The number of nitrogens with zero attached hydrogens (tertiary/aromatic N) is 3. The molecule has 2 heterocycles. The molecule has 2 aromatic heterocycles. The number of aryl methyl sites for hydroxylation is 1. The van der Waals surface area contributed by atoms with Gasteiger partial charge in [-0.3, -0.25) is 14.9 Å². The highest BCUT2D eigenvalue weighted by molar-refractivity contribution is 9.10. The summed E-state index contributed by atoms with van der Waals surface area (Å²) >= 11 is 3.39. The van der Waals surface area contributed by atoms with Crippen LogP contribution in [0.4, 0.5) is 5.69 Å². The molecular formula is C23H19BrN4O5. The normalized spacial score (nSPS) is 11.3. The lowest BCUT2D eigenvalue weighted by atomic mass is 10.2. The Morgan fingerprint density at radius 1 is 1.21 bits per heavy atom. The molecule has 33 heavy (non-hydrogen) atoms. The van der Waals surface area contributed by atoms with E-state index in [2.05, 4.69) is 26.5 Å². The van der Waals surface area contributed by atoms with Crippen LogP contribution in [0.3, 0.4) is 0 Å². The third kappa shape index (κ3) is 4.37. The van der Waals surface area contributed by atoms with Gasteiger partial charge in [-0.15, -0.1) is 0 Å². The number of rotatable bonds is 6. The maximum Gasteiger partial charge on any atom is 0.307 e. The molecule has 0 saturated heterocycles. The van der Waals surface area contributed by atoms with Crippen LogP contribution >= 0.6 is 15.9 Å². The number of hydrogen-bond donors (Lipinski definition) is 1. The van der Waals surface area contributed by atoms with Gasteiger partial charge in [0.15, 0.2) is 5.76 Å². The lowest BCUT2D eigenvalue weighted by Gasteiger charge is -2.13. The van der Waals surface area contributed by atoms with Gasteiger partial charge in [0.25, 0.3) is 5.69 Å². The molecule has 168 valence electrons. The number of nitro benzene ring substituents is 1. The molecule has 0 aliphatic rings. The largest absolute Gasteiger partial charge is 0.494 e. The SMILES string of the molecule is COc1cc([N+](=O)[O-])ccc1-n1c(C)cc(/C=N/NC(=O)c2cc3cc(Br)ccc3o2)c1C. The van der Waals surface area contributed by atoms with Crippen molar-refractivity contribution >= 4 is 44.7 Å². The maximum absolute atomic E-state index is 12.4. The van der Waals surface area contributed by atoms with E-state index < -0.39 is 10.8 Å². The number of non-ortho nitro benzene ring substituents is 1. The van der Waals surface area contributed by atoms with Crippen LogP contribution in [0.2, 0.25) is 0 Å². The maximum atomic E-state index is 12.4. The number of hydrogen-bond acceptors (Lipinski definition) is 6. The predicted molar refractivity (Wildman–Crippen MR) is 127 cm³/mol. The number of furan rings is 1. The summed E-state index contributed by atoms with van der Waals surface area (Å²) in [5.41, 5.74) is 6.15. The van der Waals surface area contributed by atoms with Crippen molar-refractivity contribution in [2.75, 3.05) is 7.11 Å². The Balaban J connectivity index is 1.57. The third-order valence-corrected chi connectivity index (χ3v) is 5.65. The second-order valence-electron chi connectivity index (χ2n) is 7.27. The van der Waals surface area contributed by atoms with Gasteiger partial charge in [0.2, 0.25) is 0 Å². The van der Waals surface area contributed by atoms with E-state index >= 15 is 0 Å². The highest BCUT2D eigenvalue weighted by atomic mass is 79.9. The van der Waals surface area contributed by atoms with Gasteiger partial charge in [0.05, 0.1) is 30.0 Å². The van der Waals surface area contributed by atoms with Crippen molar-refractivity contribution in [3.8, 4) is 11.4 Å². The summed E-state index contributed by atoms with van der Waals surface area (Å²) in [6, 6.07) is 13.5.